The molecule has 3 unspecified atom stereocenters. The molecular weight excluding hydrogens is 358 g/mol. The Balaban J connectivity index is 1.46. The lowest BCUT2D eigenvalue weighted by molar-refractivity contribution is 0.318. The van der Waals surface area contributed by atoms with Gasteiger partial charge in [-0.3, -0.25) is 0 Å². The number of rotatable bonds is 5. The van der Waals surface area contributed by atoms with Crippen LogP contribution in [0.4, 0.5) is 0 Å². The topological polar surface area (TPSA) is 70.6 Å². The van der Waals surface area contributed by atoms with E-state index in [2.05, 4.69) is 72.0 Å². The van der Waals surface area contributed by atoms with Crippen molar-refractivity contribution in [3.63, 3.8) is 0 Å². The highest BCUT2D eigenvalue weighted by Gasteiger charge is 2.25. The molecule has 1 aliphatic carbocycles. The summed E-state index contributed by atoms with van der Waals surface area (Å²) in [6.07, 6.45) is 4.79. The molecule has 0 spiro atoms. The summed E-state index contributed by atoms with van der Waals surface area (Å²) in [4.78, 5) is 0. The molecule has 29 heavy (non-hydrogen) atoms. The highest BCUT2D eigenvalue weighted by Crippen LogP contribution is 2.34. The van der Waals surface area contributed by atoms with Crippen LogP contribution in [0, 0.1) is 0 Å². The zero-order valence-electron chi connectivity index (χ0n) is 16.9. The van der Waals surface area contributed by atoms with Crippen LogP contribution in [0.5, 0.6) is 0 Å². The lowest BCUT2D eigenvalue weighted by Crippen LogP contribution is -2.35. The standard InChI is InChI=1S/C25H29N3O/c1-17(23-11-5-7-19-6-2-3-10-24(19)23)27-22-9-4-8-21(16-22)18-12-14-20(15-13-18)25(26)28-29/h2-3,5-7,10-15,17,21-22,27,29H,4,8-9,16H2,1H3,(H2,26,28). The van der Waals surface area contributed by atoms with Crippen molar-refractivity contribution in [3.05, 3.63) is 83.4 Å². The molecule has 0 saturated heterocycles. The number of nitrogens with zero attached hydrogens (tertiary/aromatic N) is 1. The van der Waals surface area contributed by atoms with Crippen molar-refractivity contribution in [3.8, 4) is 0 Å². The predicted molar refractivity (Wildman–Crippen MR) is 119 cm³/mol. The highest BCUT2D eigenvalue weighted by atomic mass is 16.4. The molecule has 1 aliphatic rings. The van der Waals surface area contributed by atoms with E-state index in [0.717, 1.165) is 12.0 Å². The van der Waals surface area contributed by atoms with Gasteiger partial charge in [-0.2, -0.15) is 0 Å². The van der Waals surface area contributed by atoms with Gasteiger partial charge in [0.15, 0.2) is 5.84 Å². The van der Waals surface area contributed by atoms with Gasteiger partial charge in [0.2, 0.25) is 0 Å². The summed E-state index contributed by atoms with van der Waals surface area (Å²) in [6, 6.07) is 24.1. The summed E-state index contributed by atoms with van der Waals surface area (Å²) >= 11 is 0. The van der Waals surface area contributed by atoms with Crippen molar-refractivity contribution < 1.29 is 5.21 Å². The second-order valence-corrected chi connectivity index (χ2v) is 8.12. The molecule has 150 valence electrons. The minimum absolute atomic E-state index is 0.156. The van der Waals surface area contributed by atoms with Gasteiger partial charge in [0.25, 0.3) is 0 Å². The van der Waals surface area contributed by atoms with E-state index in [4.69, 9.17) is 10.9 Å². The number of benzene rings is 3. The van der Waals surface area contributed by atoms with Gasteiger partial charge >= 0.3 is 0 Å². The monoisotopic (exact) mass is 387 g/mol. The molecule has 0 amide bonds. The van der Waals surface area contributed by atoms with Gasteiger partial charge in [0.05, 0.1) is 0 Å². The number of oxime groups is 1. The van der Waals surface area contributed by atoms with E-state index in [0.29, 0.717) is 18.0 Å². The number of nitrogens with one attached hydrogen (secondary N) is 1. The van der Waals surface area contributed by atoms with Gasteiger partial charge in [-0.1, -0.05) is 78.3 Å². The first kappa shape index (κ1) is 19.5. The predicted octanol–water partition coefficient (Wildman–Crippen LogP) is 5.31. The molecule has 0 aromatic heterocycles. The number of nitrogens with two attached hydrogens (primary N) is 1. The van der Waals surface area contributed by atoms with Crippen LogP contribution in [0.25, 0.3) is 10.8 Å². The van der Waals surface area contributed by atoms with E-state index in [1.54, 1.807) is 0 Å². The SMILES string of the molecule is CC(NC1CCCC(c2ccc(C(N)=NO)cc2)C1)c1cccc2ccccc12. The molecule has 3 atom stereocenters. The Morgan fingerprint density at radius 1 is 1.03 bits per heavy atom. The Morgan fingerprint density at radius 2 is 1.79 bits per heavy atom. The normalized spacial score (nSPS) is 21.2. The molecular formula is C25H29N3O. The van der Waals surface area contributed by atoms with E-state index in [9.17, 15) is 0 Å². The van der Waals surface area contributed by atoms with Crippen molar-refractivity contribution >= 4 is 16.6 Å². The summed E-state index contributed by atoms with van der Waals surface area (Å²) in [6.45, 7) is 2.27. The van der Waals surface area contributed by atoms with E-state index in [-0.39, 0.29) is 5.84 Å². The number of amidine groups is 1. The van der Waals surface area contributed by atoms with Crippen molar-refractivity contribution in [2.75, 3.05) is 0 Å². The maximum Gasteiger partial charge on any atom is 0.170 e. The highest BCUT2D eigenvalue weighted by molar-refractivity contribution is 5.97. The minimum atomic E-state index is 0.156. The molecule has 4 heteroatoms. The molecule has 0 heterocycles. The van der Waals surface area contributed by atoms with Crippen LogP contribution in [0.2, 0.25) is 0 Å². The molecule has 4 rings (SSSR count). The third-order valence-electron chi connectivity index (χ3n) is 6.24. The maximum absolute atomic E-state index is 8.84. The number of fused-ring (bicyclic) bond motifs is 1. The Bertz CT molecular complexity index is 991. The fraction of sp³-hybridized carbons (Fsp3) is 0.320. The molecule has 1 saturated carbocycles. The van der Waals surface area contributed by atoms with Crippen molar-refractivity contribution in [1.29, 1.82) is 0 Å². The number of hydrogen-bond acceptors (Lipinski definition) is 3. The van der Waals surface area contributed by atoms with Crippen LogP contribution in [0.15, 0.2) is 71.9 Å². The van der Waals surface area contributed by atoms with Gasteiger partial charge in [0.1, 0.15) is 0 Å². The second-order valence-electron chi connectivity index (χ2n) is 8.12. The first-order chi connectivity index (χ1) is 14.2. The Kier molecular flexibility index (Phi) is 5.81. The van der Waals surface area contributed by atoms with Gasteiger partial charge in [-0.15, -0.1) is 0 Å². The zero-order chi connectivity index (χ0) is 20.2. The van der Waals surface area contributed by atoms with Crippen LogP contribution in [0.1, 0.15) is 61.3 Å². The second kappa shape index (κ2) is 8.66. The van der Waals surface area contributed by atoms with E-state index < -0.39 is 0 Å². The molecule has 4 N–H and O–H groups in total. The Morgan fingerprint density at radius 3 is 2.59 bits per heavy atom. The largest absolute Gasteiger partial charge is 0.409 e. The van der Waals surface area contributed by atoms with E-state index in [1.165, 1.54) is 41.2 Å². The first-order valence-electron chi connectivity index (χ1n) is 10.5. The van der Waals surface area contributed by atoms with Crippen molar-refractivity contribution in [2.24, 2.45) is 10.9 Å². The lowest BCUT2D eigenvalue weighted by Gasteiger charge is -2.32. The molecule has 3 aromatic rings. The molecule has 0 radical (unpaired) electrons. The maximum atomic E-state index is 8.84. The Labute approximate surface area is 172 Å². The summed E-state index contributed by atoms with van der Waals surface area (Å²) in [5.41, 5.74) is 9.15. The summed E-state index contributed by atoms with van der Waals surface area (Å²) in [5.74, 6) is 0.700. The van der Waals surface area contributed by atoms with Crippen LogP contribution in [-0.2, 0) is 0 Å². The Hall–Kier alpha value is -2.85. The summed E-state index contributed by atoms with van der Waals surface area (Å²) in [5, 5.41) is 18.4. The molecule has 1 fully saturated rings. The van der Waals surface area contributed by atoms with Gasteiger partial charge in [-0.25, -0.2) is 0 Å². The minimum Gasteiger partial charge on any atom is -0.409 e. The smallest absolute Gasteiger partial charge is 0.170 e. The summed E-state index contributed by atoms with van der Waals surface area (Å²) in [7, 11) is 0. The zero-order valence-corrected chi connectivity index (χ0v) is 16.9. The average Bonchev–Trinajstić information content (AvgIpc) is 2.78. The van der Waals surface area contributed by atoms with Crippen molar-refractivity contribution in [1.82, 2.24) is 5.32 Å². The number of hydrogen-bond donors (Lipinski definition) is 3. The van der Waals surface area contributed by atoms with Crippen LogP contribution >= 0.6 is 0 Å². The van der Waals surface area contributed by atoms with Crippen LogP contribution in [-0.4, -0.2) is 17.1 Å². The molecule has 0 aliphatic heterocycles. The van der Waals surface area contributed by atoms with Crippen molar-refractivity contribution in [2.45, 2.75) is 50.6 Å². The van der Waals surface area contributed by atoms with E-state index in [1.807, 2.05) is 12.1 Å². The van der Waals surface area contributed by atoms with Gasteiger partial charge < -0.3 is 16.3 Å². The lowest BCUT2D eigenvalue weighted by atomic mass is 9.80. The summed E-state index contributed by atoms with van der Waals surface area (Å²) < 4.78 is 0. The van der Waals surface area contributed by atoms with Crippen LogP contribution < -0.4 is 11.1 Å². The quantitative estimate of drug-likeness (QED) is 0.240. The fourth-order valence-corrected chi connectivity index (χ4v) is 4.70. The average molecular weight is 388 g/mol. The van der Waals surface area contributed by atoms with Crippen LogP contribution in [0.3, 0.4) is 0 Å². The van der Waals surface area contributed by atoms with E-state index >= 15 is 0 Å². The third kappa shape index (κ3) is 4.28. The molecule has 0 bridgehead atoms. The molecule has 3 aromatic carbocycles. The van der Waals surface area contributed by atoms with Gasteiger partial charge in [-0.05, 0) is 54.0 Å². The fourth-order valence-electron chi connectivity index (χ4n) is 4.70. The molecule has 4 nitrogen and oxygen atoms in total. The van der Waals surface area contributed by atoms with Gasteiger partial charge in [0, 0.05) is 17.6 Å². The third-order valence-corrected chi connectivity index (χ3v) is 6.24. The first-order valence-corrected chi connectivity index (χ1v) is 10.5.